The lowest BCUT2D eigenvalue weighted by atomic mass is 9.98. The van der Waals surface area contributed by atoms with Crippen LogP contribution in [0.3, 0.4) is 0 Å². The summed E-state index contributed by atoms with van der Waals surface area (Å²) in [5, 5.41) is 11.2. The number of amides is 1. The Morgan fingerprint density at radius 2 is 1.88 bits per heavy atom. The summed E-state index contributed by atoms with van der Waals surface area (Å²) in [7, 11) is 0. The predicted octanol–water partition coefficient (Wildman–Crippen LogP) is 4.21. The Kier molecular flexibility index (Phi) is 4.97. The van der Waals surface area contributed by atoms with Crippen LogP contribution in [0.15, 0.2) is 43.0 Å². The van der Waals surface area contributed by atoms with Gasteiger partial charge in [-0.3, -0.25) is 4.79 Å². The van der Waals surface area contributed by atoms with Gasteiger partial charge in [0, 0.05) is 16.8 Å². The van der Waals surface area contributed by atoms with Crippen molar-refractivity contribution in [3.63, 3.8) is 0 Å². The highest BCUT2D eigenvalue weighted by molar-refractivity contribution is 6.04. The molecule has 4 nitrogen and oxygen atoms in total. The smallest absolute Gasteiger partial charge is 0.379 e. The molecule has 25 heavy (non-hydrogen) atoms. The van der Waals surface area contributed by atoms with Crippen molar-refractivity contribution in [3.8, 4) is 0 Å². The van der Waals surface area contributed by atoms with Crippen molar-refractivity contribution in [2.24, 2.45) is 0 Å². The van der Waals surface area contributed by atoms with Crippen LogP contribution in [0.5, 0.6) is 0 Å². The van der Waals surface area contributed by atoms with Gasteiger partial charge in [0.25, 0.3) is 5.91 Å². The van der Waals surface area contributed by atoms with Gasteiger partial charge in [-0.05, 0) is 48.4 Å². The summed E-state index contributed by atoms with van der Waals surface area (Å²) in [5.41, 5.74) is -0.510. The normalized spacial score (nSPS) is 11.0. The maximum atomic E-state index is 13.9. The zero-order valence-electron chi connectivity index (χ0n) is 13.1. The van der Waals surface area contributed by atoms with Crippen LogP contribution < -0.4 is 5.32 Å². The molecule has 0 bridgehead atoms. The van der Waals surface area contributed by atoms with Crippen molar-refractivity contribution in [1.29, 1.82) is 0 Å². The van der Waals surface area contributed by atoms with Gasteiger partial charge >= 0.3 is 11.9 Å². The third-order valence-corrected chi connectivity index (χ3v) is 3.56. The minimum Gasteiger partial charge on any atom is -0.477 e. The van der Waals surface area contributed by atoms with Crippen molar-refractivity contribution >= 4 is 23.6 Å². The van der Waals surface area contributed by atoms with Gasteiger partial charge in [-0.15, -0.1) is 0 Å². The Labute approximate surface area is 141 Å². The number of aryl methyl sites for hydroxylation is 1. The van der Waals surface area contributed by atoms with Crippen LogP contribution in [0.4, 0.5) is 18.9 Å². The number of hydrogen-bond donors (Lipinski definition) is 2. The SMILES string of the molecule is C=Cc1ccc(C(=O)Nc2ccc(F)c(C)c2)cc1C(F)(F)C(=O)O. The van der Waals surface area contributed by atoms with E-state index in [1.54, 1.807) is 0 Å². The highest BCUT2D eigenvalue weighted by Gasteiger charge is 2.42. The Hall–Kier alpha value is -3.09. The van der Waals surface area contributed by atoms with E-state index in [1.165, 1.54) is 31.2 Å². The lowest BCUT2D eigenvalue weighted by molar-refractivity contribution is -0.166. The standard InChI is InChI=1S/C18H14F3NO3/c1-3-11-4-5-12(9-14(11)18(20,21)17(24)25)16(23)22-13-6-7-15(19)10(2)8-13/h3-9H,1H2,2H3,(H,22,23)(H,24,25). The van der Waals surface area contributed by atoms with Gasteiger partial charge in [-0.2, -0.15) is 8.78 Å². The molecule has 0 spiro atoms. The molecule has 2 aromatic rings. The Morgan fingerprint density at radius 3 is 2.44 bits per heavy atom. The van der Waals surface area contributed by atoms with Gasteiger partial charge in [-0.1, -0.05) is 18.7 Å². The van der Waals surface area contributed by atoms with E-state index >= 15 is 0 Å². The van der Waals surface area contributed by atoms with Crippen LogP contribution in [-0.4, -0.2) is 17.0 Å². The number of hydrogen-bond acceptors (Lipinski definition) is 2. The van der Waals surface area contributed by atoms with E-state index in [4.69, 9.17) is 5.11 Å². The molecule has 0 aliphatic heterocycles. The minimum atomic E-state index is -4.17. The lowest BCUT2D eigenvalue weighted by Gasteiger charge is -2.16. The van der Waals surface area contributed by atoms with Gasteiger partial charge < -0.3 is 10.4 Å². The van der Waals surface area contributed by atoms with Crippen LogP contribution in [0, 0.1) is 12.7 Å². The van der Waals surface area contributed by atoms with E-state index < -0.39 is 29.2 Å². The van der Waals surface area contributed by atoms with Crippen LogP contribution in [-0.2, 0) is 10.7 Å². The second kappa shape index (κ2) is 6.80. The summed E-state index contributed by atoms with van der Waals surface area (Å²) in [5.74, 6) is -7.69. The molecule has 1 amide bonds. The molecule has 0 aliphatic carbocycles. The monoisotopic (exact) mass is 349 g/mol. The van der Waals surface area contributed by atoms with Crippen LogP contribution >= 0.6 is 0 Å². The highest BCUT2D eigenvalue weighted by atomic mass is 19.3. The lowest BCUT2D eigenvalue weighted by Crippen LogP contribution is -2.27. The molecule has 0 aromatic heterocycles. The summed E-state index contributed by atoms with van der Waals surface area (Å²) in [6.07, 6.45) is 1.08. The number of carboxylic acids is 1. The number of halogens is 3. The number of carbonyl (C=O) groups excluding carboxylic acids is 1. The second-order valence-corrected chi connectivity index (χ2v) is 5.30. The fraction of sp³-hybridized carbons (Fsp3) is 0.111. The molecule has 7 heteroatoms. The van der Waals surface area contributed by atoms with E-state index in [9.17, 15) is 22.8 Å². The summed E-state index contributed by atoms with van der Waals surface area (Å²) < 4.78 is 41.0. The van der Waals surface area contributed by atoms with E-state index in [-0.39, 0.29) is 16.8 Å². The number of benzene rings is 2. The number of carboxylic acid groups (broad SMARTS) is 1. The quantitative estimate of drug-likeness (QED) is 0.850. The Bertz CT molecular complexity index is 863. The molecule has 0 atom stereocenters. The predicted molar refractivity (Wildman–Crippen MR) is 87.2 cm³/mol. The number of rotatable bonds is 5. The molecule has 0 heterocycles. The molecule has 0 saturated heterocycles. The Morgan fingerprint density at radius 1 is 1.20 bits per heavy atom. The largest absolute Gasteiger partial charge is 0.477 e. The topological polar surface area (TPSA) is 66.4 Å². The fourth-order valence-corrected chi connectivity index (χ4v) is 2.19. The number of alkyl halides is 2. The number of aliphatic carboxylic acids is 1. The van der Waals surface area contributed by atoms with Gasteiger partial charge in [0.2, 0.25) is 0 Å². The fourth-order valence-electron chi connectivity index (χ4n) is 2.19. The van der Waals surface area contributed by atoms with Gasteiger partial charge in [0.1, 0.15) is 5.82 Å². The third kappa shape index (κ3) is 3.71. The van der Waals surface area contributed by atoms with E-state index in [0.29, 0.717) is 5.56 Å². The van der Waals surface area contributed by atoms with Crippen molar-refractivity contribution < 1.29 is 27.9 Å². The van der Waals surface area contributed by atoms with Crippen molar-refractivity contribution in [3.05, 3.63) is 71.0 Å². The molecule has 0 aliphatic rings. The molecule has 2 N–H and O–H groups in total. The first-order chi connectivity index (χ1) is 11.7. The van der Waals surface area contributed by atoms with Crippen molar-refractivity contribution in [2.45, 2.75) is 12.8 Å². The highest BCUT2D eigenvalue weighted by Crippen LogP contribution is 2.32. The second-order valence-electron chi connectivity index (χ2n) is 5.30. The number of carbonyl (C=O) groups is 2. The van der Waals surface area contributed by atoms with E-state index in [2.05, 4.69) is 11.9 Å². The molecule has 0 unspecified atom stereocenters. The first-order valence-corrected chi connectivity index (χ1v) is 7.12. The van der Waals surface area contributed by atoms with E-state index in [0.717, 1.165) is 18.2 Å². The molecule has 2 rings (SSSR count). The zero-order chi connectivity index (χ0) is 18.8. The van der Waals surface area contributed by atoms with Gasteiger partial charge in [0.15, 0.2) is 0 Å². The first kappa shape index (κ1) is 18.3. The summed E-state index contributed by atoms with van der Waals surface area (Å²) in [6, 6.07) is 7.13. The molecule has 0 fully saturated rings. The van der Waals surface area contributed by atoms with Crippen LogP contribution in [0.25, 0.3) is 6.08 Å². The van der Waals surface area contributed by atoms with Crippen molar-refractivity contribution in [2.75, 3.05) is 5.32 Å². The number of nitrogens with one attached hydrogen (secondary N) is 1. The minimum absolute atomic E-state index is 0.0958. The summed E-state index contributed by atoms with van der Waals surface area (Å²) in [4.78, 5) is 23.0. The maximum Gasteiger partial charge on any atom is 0.379 e. The molecule has 130 valence electrons. The molecule has 2 aromatic carbocycles. The van der Waals surface area contributed by atoms with E-state index in [1.807, 2.05) is 0 Å². The molecule has 0 saturated carbocycles. The summed E-state index contributed by atoms with van der Waals surface area (Å²) in [6.45, 7) is 4.87. The average molecular weight is 349 g/mol. The maximum absolute atomic E-state index is 13.9. The van der Waals surface area contributed by atoms with Crippen molar-refractivity contribution in [1.82, 2.24) is 0 Å². The van der Waals surface area contributed by atoms with Gasteiger partial charge in [-0.25, -0.2) is 9.18 Å². The molecular weight excluding hydrogens is 335 g/mol. The van der Waals surface area contributed by atoms with Crippen LogP contribution in [0.2, 0.25) is 0 Å². The Balaban J connectivity index is 2.39. The number of anilines is 1. The third-order valence-electron chi connectivity index (χ3n) is 3.56. The zero-order valence-corrected chi connectivity index (χ0v) is 13.1. The average Bonchev–Trinajstić information content (AvgIpc) is 2.57. The van der Waals surface area contributed by atoms with Gasteiger partial charge in [0.05, 0.1) is 0 Å². The first-order valence-electron chi connectivity index (χ1n) is 7.12. The van der Waals surface area contributed by atoms with Crippen LogP contribution in [0.1, 0.15) is 27.0 Å². The molecular formula is C18H14F3NO3. The molecule has 0 radical (unpaired) electrons. The summed E-state index contributed by atoms with van der Waals surface area (Å²) >= 11 is 0.